The van der Waals surface area contributed by atoms with Crippen molar-refractivity contribution in [3.8, 4) is 0 Å². The van der Waals surface area contributed by atoms with Crippen LogP contribution in [0.2, 0.25) is 0 Å². The first kappa shape index (κ1) is 13.1. The Hall–Kier alpha value is -1.38. The third-order valence-corrected chi connectivity index (χ3v) is 4.20. The quantitative estimate of drug-likeness (QED) is 0.486. The SMILES string of the molecule is CC1OCCC1Sc1nc(NN)ccc1[N+](=O)[O-]. The van der Waals surface area contributed by atoms with Crippen LogP contribution in [0.5, 0.6) is 0 Å². The molecule has 0 aliphatic carbocycles. The number of nitrogens with two attached hydrogens (primary N) is 1. The van der Waals surface area contributed by atoms with Gasteiger partial charge in [0.25, 0.3) is 0 Å². The molecule has 1 aliphatic rings. The number of thioether (sulfide) groups is 1. The maximum Gasteiger partial charge on any atom is 0.301 e. The zero-order valence-corrected chi connectivity index (χ0v) is 10.6. The minimum atomic E-state index is -0.434. The lowest BCUT2D eigenvalue weighted by molar-refractivity contribution is -0.388. The lowest BCUT2D eigenvalue weighted by Gasteiger charge is -2.13. The number of rotatable bonds is 4. The van der Waals surface area contributed by atoms with Crippen LogP contribution in [-0.4, -0.2) is 27.9 Å². The second kappa shape index (κ2) is 5.51. The van der Waals surface area contributed by atoms with E-state index in [0.717, 1.165) is 6.42 Å². The molecule has 1 aliphatic heterocycles. The Labute approximate surface area is 108 Å². The highest BCUT2D eigenvalue weighted by atomic mass is 32.2. The minimum absolute atomic E-state index is 0.00176. The van der Waals surface area contributed by atoms with E-state index in [2.05, 4.69) is 10.4 Å². The summed E-state index contributed by atoms with van der Waals surface area (Å²) in [5.41, 5.74) is 2.39. The molecule has 2 rings (SSSR count). The lowest BCUT2D eigenvalue weighted by atomic mass is 10.3. The molecule has 7 nitrogen and oxygen atoms in total. The smallest absolute Gasteiger partial charge is 0.301 e. The Morgan fingerprint density at radius 1 is 1.67 bits per heavy atom. The van der Waals surface area contributed by atoms with Gasteiger partial charge < -0.3 is 10.2 Å². The third-order valence-electron chi connectivity index (χ3n) is 2.75. The monoisotopic (exact) mass is 270 g/mol. The van der Waals surface area contributed by atoms with Gasteiger partial charge in [-0.15, -0.1) is 0 Å². The molecule has 98 valence electrons. The van der Waals surface area contributed by atoms with Crippen LogP contribution in [0.15, 0.2) is 17.2 Å². The van der Waals surface area contributed by atoms with Crippen LogP contribution in [0.3, 0.4) is 0 Å². The van der Waals surface area contributed by atoms with Crippen LogP contribution < -0.4 is 11.3 Å². The van der Waals surface area contributed by atoms with Gasteiger partial charge in [0.1, 0.15) is 5.82 Å². The number of hydrogen-bond acceptors (Lipinski definition) is 7. The summed E-state index contributed by atoms with van der Waals surface area (Å²) in [6.45, 7) is 2.64. The van der Waals surface area contributed by atoms with Gasteiger partial charge in [-0.25, -0.2) is 10.8 Å². The van der Waals surface area contributed by atoms with Crippen LogP contribution in [0.25, 0.3) is 0 Å². The van der Waals surface area contributed by atoms with E-state index in [0.29, 0.717) is 17.5 Å². The number of hydrazine groups is 1. The number of hydrogen-bond donors (Lipinski definition) is 2. The molecule has 0 spiro atoms. The van der Waals surface area contributed by atoms with Crippen molar-refractivity contribution in [2.24, 2.45) is 5.84 Å². The summed E-state index contributed by atoms with van der Waals surface area (Å²) in [6.07, 6.45) is 0.941. The summed E-state index contributed by atoms with van der Waals surface area (Å²) in [6, 6.07) is 2.89. The Bertz CT molecular complexity index is 457. The van der Waals surface area contributed by atoms with E-state index in [4.69, 9.17) is 10.6 Å². The Kier molecular flexibility index (Phi) is 4.00. The molecule has 0 bridgehead atoms. The van der Waals surface area contributed by atoms with Crippen LogP contribution in [0, 0.1) is 10.1 Å². The van der Waals surface area contributed by atoms with E-state index in [1.54, 1.807) is 0 Å². The van der Waals surface area contributed by atoms with Gasteiger partial charge in [-0.05, 0) is 19.4 Å². The molecule has 1 aromatic heterocycles. The lowest BCUT2D eigenvalue weighted by Crippen LogP contribution is -2.14. The van der Waals surface area contributed by atoms with E-state index >= 15 is 0 Å². The van der Waals surface area contributed by atoms with E-state index in [1.165, 1.54) is 23.9 Å². The standard InChI is InChI=1S/C10H14N4O3S/c1-6-8(4-5-17-6)18-10-7(14(15)16)2-3-9(12-10)13-11/h2-3,6,8H,4-5,11H2,1H3,(H,12,13). The molecule has 2 atom stereocenters. The zero-order valence-electron chi connectivity index (χ0n) is 9.83. The molecule has 18 heavy (non-hydrogen) atoms. The van der Waals surface area contributed by atoms with Crippen molar-refractivity contribution < 1.29 is 9.66 Å². The number of anilines is 1. The number of nitro groups is 1. The zero-order chi connectivity index (χ0) is 13.1. The molecule has 0 aromatic carbocycles. The van der Waals surface area contributed by atoms with Crippen molar-refractivity contribution in [1.82, 2.24) is 4.98 Å². The van der Waals surface area contributed by atoms with Crippen LogP contribution in [-0.2, 0) is 4.74 Å². The number of nitrogens with one attached hydrogen (secondary N) is 1. The van der Waals surface area contributed by atoms with Gasteiger partial charge in [0.2, 0.25) is 0 Å². The van der Waals surface area contributed by atoms with Crippen LogP contribution in [0.1, 0.15) is 13.3 Å². The van der Waals surface area contributed by atoms with Crippen LogP contribution >= 0.6 is 11.8 Å². The topological polar surface area (TPSA) is 103 Å². The number of nitrogens with zero attached hydrogens (tertiary/aromatic N) is 2. The molecule has 1 fully saturated rings. The Balaban J connectivity index is 2.25. The third kappa shape index (κ3) is 2.71. The van der Waals surface area contributed by atoms with Crippen LogP contribution in [0.4, 0.5) is 11.5 Å². The van der Waals surface area contributed by atoms with E-state index < -0.39 is 4.92 Å². The summed E-state index contributed by atoms with van der Waals surface area (Å²) in [7, 11) is 0. The van der Waals surface area contributed by atoms with Gasteiger partial charge in [-0.3, -0.25) is 10.1 Å². The van der Waals surface area contributed by atoms with Gasteiger partial charge in [-0.2, -0.15) is 0 Å². The normalized spacial score (nSPS) is 23.0. The van der Waals surface area contributed by atoms with Crippen molar-refractivity contribution >= 4 is 23.3 Å². The first-order chi connectivity index (χ1) is 8.61. The molecule has 0 radical (unpaired) electrons. The fourth-order valence-corrected chi connectivity index (χ4v) is 2.93. The van der Waals surface area contributed by atoms with E-state index in [1.807, 2.05) is 6.92 Å². The van der Waals surface area contributed by atoms with Gasteiger partial charge >= 0.3 is 5.69 Å². The average Bonchev–Trinajstić information content (AvgIpc) is 2.74. The highest BCUT2D eigenvalue weighted by molar-refractivity contribution is 8.00. The minimum Gasteiger partial charge on any atom is -0.377 e. The molecular weight excluding hydrogens is 256 g/mol. The van der Waals surface area contributed by atoms with Gasteiger partial charge in [0.05, 0.1) is 11.0 Å². The average molecular weight is 270 g/mol. The van der Waals surface area contributed by atoms with Gasteiger partial charge in [-0.1, -0.05) is 11.8 Å². The highest BCUT2D eigenvalue weighted by Gasteiger charge is 2.29. The molecule has 0 amide bonds. The van der Waals surface area contributed by atoms with Gasteiger partial charge in [0, 0.05) is 17.9 Å². The Morgan fingerprint density at radius 2 is 2.44 bits per heavy atom. The summed E-state index contributed by atoms with van der Waals surface area (Å²) in [4.78, 5) is 14.7. The number of ether oxygens (including phenoxy) is 1. The largest absolute Gasteiger partial charge is 0.377 e. The second-order valence-electron chi connectivity index (χ2n) is 3.94. The molecule has 1 aromatic rings. The van der Waals surface area contributed by atoms with E-state index in [-0.39, 0.29) is 17.0 Å². The maximum atomic E-state index is 10.9. The van der Waals surface area contributed by atoms with Crippen molar-refractivity contribution in [3.05, 3.63) is 22.2 Å². The first-order valence-corrected chi connectivity index (χ1v) is 6.40. The molecule has 8 heteroatoms. The fraction of sp³-hybridized carbons (Fsp3) is 0.500. The first-order valence-electron chi connectivity index (χ1n) is 5.52. The molecule has 3 N–H and O–H groups in total. The molecule has 2 heterocycles. The fourth-order valence-electron chi connectivity index (χ4n) is 1.75. The summed E-state index contributed by atoms with van der Waals surface area (Å²) in [5.74, 6) is 5.68. The molecular formula is C10H14N4O3S. The summed E-state index contributed by atoms with van der Waals surface area (Å²) < 4.78 is 5.44. The Morgan fingerprint density at radius 3 is 3.00 bits per heavy atom. The van der Waals surface area contributed by atoms with E-state index in [9.17, 15) is 10.1 Å². The predicted octanol–water partition coefficient (Wildman–Crippen LogP) is 1.54. The maximum absolute atomic E-state index is 10.9. The molecule has 1 saturated heterocycles. The highest BCUT2D eigenvalue weighted by Crippen LogP contribution is 2.36. The van der Waals surface area contributed by atoms with Crippen molar-refractivity contribution in [2.45, 2.75) is 29.7 Å². The van der Waals surface area contributed by atoms with Crippen molar-refractivity contribution in [1.29, 1.82) is 0 Å². The number of nitrogen functional groups attached to an aromatic ring is 1. The predicted molar refractivity (Wildman–Crippen MR) is 68.4 cm³/mol. The van der Waals surface area contributed by atoms with Crippen molar-refractivity contribution in [2.75, 3.05) is 12.0 Å². The number of pyridine rings is 1. The second-order valence-corrected chi connectivity index (χ2v) is 5.17. The number of aromatic nitrogens is 1. The summed E-state index contributed by atoms with van der Waals surface area (Å²) >= 11 is 1.37. The van der Waals surface area contributed by atoms with Crippen molar-refractivity contribution in [3.63, 3.8) is 0 Å². The molecule has 0 saturated carbocycles. The van der Waals surface area contributed by atoms with Gasteiger partial charge in [0.15, 0.2) is 5.03 Å². The molecule has 2 unspecified atom stereocenters. The summed E-state index contributed by atoms with van der Waals surface area (Å²) in [5, 5.41) is 11.5.